The van der Waals surface area contributed by atoms with Gasteiger partial charge >= 0.3 is 0 Å². The molecule has 0 bridgehead atoms. The summed E-state index contributed by atoms with van der Waals surface area (Å²) < 4.78 is 0.729. The van der Waals surface area contributed by atoms with Crippen molar-refractivity contribution in [2.45, 2.75) is 60.3 Å². The number of rotatable bonds is 4. The summed E-state index contributed by atoms with van der Waals surface area (Å²) in [6.45, 7) is 10.1. The highest BCUT2D eigenvalue weighted by Crippen LogP contribution is 2.30. The molecule has 2 rings (SSSR count). The molecule has 0 radical (unpaired) electrons. The molecule has 0 saturated heterocycles. The highest BCUT2D eigenvalue weighted by atomic mass is 32.1. The van der Waals surface area contributed by atoms with Gasteiger partial charge in [0.25, 0.3) is 0 Å². The zero-order valence-electron chi connectivity index (χ0n) is 14.8. The maximum absolute atomic E-state index is 5.04. The summed E-state index contributed by atoms with van der Waals surface area (Å²) in [4.78, 5) is 6.22. The lowest BCUT2D eigenvalue weighted by Gasteiger charge is -2.12. The summed E-state index contributed by atoms with van der Waals surface area (Å²) in [7, 11) is 0. The predicted molar refractivity (Wildman–Crippen MR) is 102 cm³/mol. The van der Waals surface area contributed by atoms with Gasteiger partial charge in [-0.1, -0.05) is 49.8 Å². The fourth-order valence-electron chi connectivity index (χ4n) is 2.31. The van der Waals surface area contributed by atoms with E-state index in [4.69, 9.17) is 12.2 Å². The third-order valence-electron chi connectivity index (χ3n) is 3.49. The Morgan fingerprint density at radius 3 is 2.36 bits per heavy atom. The summed E-state index contributed by atoms with van der Waals surface area (Å²) in [6, 6.07) is 0. The molecule has 1 aromatic heterocycles. The van der Waals surface area contributed by atoms with Crippen LogP contribution in [0.1, 0.15) is 59.6 Å². The Hall–Kier alpha value is -1.35. The largest absolute Gasteiger partial charge is 0.337 e. The van der Waals surface area contributed by atoms with Crippen LogP contribution in [0.2, 0.25) is 0 Å². The lowest BCUT2D eigenvalue weighted by molar-refractivity contribution is 0.586. The van der Waals surface area contributed by atoms with Gasteiger partial charge < -0.3 is 9.97 Å². The molecule has 124 valence electrons. The van der Waals surface area contributed by atoms with E-state index in [1.165, 1.54) is 18.5 Å². The average Bonchev–Trinajstić information content (AvgIpc) is 3.17. The number of hydrogen-bond donors (Lipinski definition) is 2. The minimum atomic E-state index is 0.692. The minimum absolute atomic E-state index is 0.692. The Morgan fingerprint density at radius 2 is 1.86 bits per heavy atom. The zero-order valence-corrected chi connectivity index (χ0v) is 15.6. The molecular formula is C19H32N2S. The molecular weight excluding hydrogens is 288 g/mol. The first kappa shape index (κ1) is 20.6. The van der Waals surface area contributed by atoms with Crippen LogP contribution < -0.4 is 0 Å². The van der Waals surface area contributed by atoms with Crippen molar-refractivity contribution in [2.75, 3.05) is 0 Å². The van der Waals surface area contributed by atoms with Crippen LogP contribution in [0, 0.1) is 10.7 Å². The van der Waals surface area contributed by atoms with Crippen LogP contribution in [0.4, 0.5) is 0 Å². The zero-order chi connectivity index (χ0) is 16.8. The summed E-state index contributed by atoms with van der Waals surface area (Å²) >= 11 is 5.04. The maximum atomic E-state index is 5.04. The lowest BCUT2D eigenvalue weighted by Crippen LogP contribution is -2.03. The second kappa shape index (κ2) is 13.3. The molecule has 0 spiro atoms. The van der Waals surface area contributed by atoms with E-state index in [0.29, 0.717) is 5.92 Å². The van der Waals surface area contributed by atoms with Gasteiger partial charge in [0.2, 0.25) is 0 Å². The van der Waals surface area contributed by atoms with Gasteiger partial charge in [0.15, 0.2) is 4.77 Å². The lowest BCUT2D eigenvalue weighted by atomic mass is 9.94. The van der Waals surface area contributed by atoms with E-state index in [0.717, 1.165) is 17.6 Å². The molecule has 1 unspecified atom stereocenters. The molecule has 3 heteroatoms. The molecule has 2 nitrogen and oxygen atoms in total. The summed E-state index contributed by atoms with van der Waals surface area (Å²) in [5, 5.41) is 0. The van der Waals surface area contributed by atoms with Crippen molar-refractivity contribution in [1.29, 1.82) is 0 Å². The van der Waals surface area contributed by atoms with E-state index < -0.39 is 0 Å². The third-order valence-corrected chi connectivity index (χ3v) is 3.71. The summed E-state index contributed by atoms with van der Waals surface area (Å²) in [5.74, 6) is 0.692. The Kier molecular flexibility index (Phi) is 12.5. The van der Waals surface area contributed by atoms with Crippen LogP contribution in [0.3, 0.4) is 0 Å². The fraction of sp³-hybridized carbons (Fsp3) is 0.526. The van der Waals surface area contributed by atoms with Crippen LogP contribution in [0.5, 0.6) is 0 Å². The highest BCUT2D eigenvalue weighted by Gasteiger charge is 2.18. The Labute approximate surface area is 141 Å². The molecule has 2 N–H and O–H groups in total. The third kappa shape index (κ3) is 8.18. The van der Waals surface area contributed by atoms with Crippen molar-refractivity contribution in [1.82, 2.24) is 9.97 Å². The van der Waals surface area contributed by atoms with Crippen molar-refractivity contribution in [3.8, 4) is 0 Å². The van der Waals surface area contributed by atoms with Gasteiger partial charge in [0.1, 0.15) is 0 Å². The first-order valence-corrected chi connectivity index (χ1v) is 8.76. The molecule has 1 aliphatic carbocycles. The number of hydrogen-bond acceptors (Lipinski definition) is 1. The van der Waals surface area contributed by atoms with Gasteiger partial charge in [-0.05, 0) is 64.6 Å². The van der Waals surface area contributed by atoms with Gasteiger partial charge in [0, 0.05) is 11.9 Å². The van der Waals surface area contributed by atoms with Crippen molar-refractivity contribution in [2.24, 2.45) is 5.92 Å². The molecule has 1 heterocycles. The molecule has 0 fully saturated rings. The number of H-pyrrole nitrogens is 2. The molecule has 1 aliphatic rings. The molecule has 0 aliphatic heterocycles. The number of imidazole rings is 1. The van der Waals surface area contributed by atoms with E-state index in [2.05, 4.69) is 35.1 Å². The monoisotopic (exact) mass is 320 g/mol. The van der Waals surface area contributed by atoms with Crippen LogP contribution >= 0.6 is 12.2 Å². The number of aromatic nitrogens is 2. The average molecular weight is 321 g/mol. The van der Waals surface area contributed by atoms with E-state index in [1.807, 2.05) is 46.0 Å². The topological polar surface area (TPSA) is 31.6 Å². The second-order valence-electron chi connectivity index (χ2n) is 4.97. The molecule has 1 aromatic rings. The standard InChI is InChI=1S/C13H18N2S.C4H8.C2H6/c1-2-3-5-10-6-4-7-11(10)8-12-9-14-13(16)15-12;1-3-4-2;1-2/h2-3,6,9,11H,4-5,7-8H2,1H3,(H2,14,15,16);3-4H,1-2H3;1-2H3/b3-2-;4-3-;. The smallest absolute Gasteiger partial charge is 0.174 e. The summed E-state index contributed by atoms with van der Waals surface area (Å²) in [6.07, 6.45) is 17.4. The number of allylic oxidation sites excluding steroid dienone is 6. The van der Waals surface area contributed by atoms with Gasteiger partial charge in [0.05, 0.1) is 0 Å². The minimum Gasteiger partial charge on any atom is -0.337 e. The predicted octanol–water partition coefficient (Wildman–Crippen LogP) is 6.53. The SMILES string of the molecule is C/C=C\C.C/C=C\CC1=CCCC1Cc1c[nH]c(=S)[nH]1.CC. The fourth-order valence-corrected chi connectivity index (χ4v) is 2.50. The normalized spacial score (nSPS) is 17.0. The Bertz CT molecular complexity index is 514. The van der Waals surface area contributed by atoms with Crippen LogP contribution in [-0.2, 0) is 6.42 Å². The van der Waals surface area contributed by atoms with Crippen LogP contribution in [-0.4, -0.2) is 9.97 Å². The van der Waals surface area contributed by atoms with Crippen molar-refractivity contribution in [3.05, 3.63) is 52.6 Å². The van der Waals surface area contributed by atoms with E-state index in [9.17, 15) is 0 Å². The van der Waals surface area contributed by atoms with Gasteiger partial charge in [-0.3, -0.25) is 0 Å². The van der Waals surface area contributed by atoms with Crippen LogP contribution in [0.15, 0.2) is 42.2 Å². The van der Waals surface area contributed by atoms with Crippen molar-refractivity contribution in [3.63, 3.8) is 0 Å². The highest BCUT2D eigenvalue weighted by molar-refractivity contribution is 7.71. The first-order valence-electron chi connectivity index (χ1n) is 8.35. The van der Waals surface area contributed by atoms with E-state index in [-0.39, 0.29) is 0 Å². The quantitative estimate of drug-likeness (QED) is 0.480. The van der Waals surface area contributed by atoms with Crippen molar-refractivity contribution >= 4 is 12.2 Å². The van der Waals surface area contributed by atoms with Gasteiger partial charge in [-0.15, -0.1) is 0 Å². The molecule has 1 atom stereocenters. The summed E-state index contributed by atoms with van der Waals surface area (Å²) in [5.41, 5.74) is 2.81. The number of aromatic amines is 2. The molecule has 0 amide bonds. The van der Waals surface area contributed by atoms with Crippen LogP contribution in [0.25, 0.3) is 0 Å². The first-order chi connectivity index (χ1) is 10.7. The molecule has 0 aromatic carbocycles. The van der Waals surface area contributed by atoms with E-state index >= 15 is 0 Å². The maximum Gasteiger partial charge on any atom is 0.174 e. The van der Waals surface area contributed by atoms with Gasteiger partial charge in [-0.2, -0.15) is 0 Å². The second-order valence-corrected chi connectivity index (χ2v) is 5.37. The van der Waals surface area contributed by atoms with E-state index in [1.54, 1.807) is 5.57 Å². The Balaban J connectivity index is 0.000000640. The van der Waals surface area contributed by atoms with Gasteiger partial charge in [-0.25, -0.2) is 0 Å². The number of nitrogens with one attached hydrogen (secondary N) is 2. The van der Waals surface area contributed by atoms with Crippen molar-refractivity contribution < 1.29 is 0 Å². The Morgan fingerprint density at radius 1 is 1.18 bits per heavy atom. The molecule has 0 saturated carbocycles. The molecule has 22 heavy (non-hydrogen) atoms.